The van der Waals surface area contributed by atoms with E-state index < -0.39 is 17.7 Å². The number of carbonyl (C=O) groups is 1. The highest BCUT2D eigenvalue weighted by atomic mass is 79.9. The standard InChI is InChI=1S/C16H14BrFN2O2/c1-9-12(11(4-3-7-19)16(21)22-2)8-10-5-6-13(17)14(18)15(10)20-9/h5-6,8,11H,3-4H2,1-2H3. The van der Waals surface area contributed by atoms with Gasteiger partial charge in [-0.3, -0.25) is 4.79 Å². The van der Waals surface area contributed by atoms with Crippen molar-refractivity contribution in [2.45, 2.75) is 25.7 Å². The molecule has 0 saturated heterocycles. The molecule has 2 rings (SSSR count). The van der Waals surface area contributed by atoms with Crippen molar-refractivity contribution in [3.05, 3.63) is 39.7 Å². The Morgan fingerprint density at radius 3 is 2.91 bits per heavy atom. The van der Waals surface area contributed by atoms with Gasteiger partial charge in [0, 0.05) is 17.5 Å². The van der Waals surface area contributed by atoms with Crippen molar-refractivity contribution in [1.29, 1.82) is 5.26 Å². The molecule has 0 aliphatic carbocycles. The van der Waals surface area contributed by atoms with Gasteiger partial charge in [-0.15, -0.1) is 0 Å². The predicted molar refractivity (Wildman–Crippen MR) is 83.7 cm³/mol. The number of aryl methyl sites for hydroxylation is 1. The van der Waals surface area contributed by atoms with Crippen molar-refractivity contribution < 1.29 is 13.9 Å². The molecule has 4 nitrogen and oxygen atoms in total. The molecule has 1 aromatic heterocycles. The van der Waals surface area contributed by atoms with E-state index >= 15 is 0 Å². The lowest BCUT2D eigenvalue weighted by Crippen LogP contribution is -2.16. The number of carbonyl (C=O) groups excluding carboxylic acids is 1. The van der Waals surface area contributed by atoms with Gasteiger partial charge in [0.1, 0.15) is 5.52 Å². The van der Waals surface area contributed by atoms with Gasteiger partial charge in [0.05, 0.1) is 23.6 Å². The first kappa shape index (κ1) is 16.4. The number of esters is 1. The van der Waals surface area contributed by atoms with Crippen LogP contribution >= 0.6 is 15.9 Å². The number of nitriles is 1. The summed E-state index contributed by atoms with van der Waals surface area (Å²) in [4.78, 5) is 16.3. The number of ether oxygens (including phenoxy) is 1. The second kappa shape index (κ2) is 6.84. The minimum atomic E-state index is -0.576. The smallest absolute Gasteiger partial charge is 0.313 e. The van der Waals surface area contributed by atoms with E-state index in [1.807, 2.05) is 6.07 Å². The zero-order valence-corrected chi connectivity index (χ0v) is 13.8. The molecule has 0 saturated carbocycles. The van der Waals surface area contributed by atoms with E-state index in [1.54, 1.807) is 25.1 Å². The quantitative estimate of drug-likeness (QED) is 0.769. The largest absolute Gasteiger partial charge is 0.469 e. The number of methoxy groups -OCH3 is 1. The number of benzene rings is 1. The van der Waals surface area contributed by atoms with Crippen LogP contribution < -0.4 is 0 Å². The van der Waals surface area contributed by atoms with Crippen LogP contribution in [0.1, 0.15) is 30.0 Å². The van der Waals surface area contributed by atoms with Crippen LogP contribution in [0.4, 0.5) is 4.39 Å². The first-order valence-corrected chi connectivity index (χ1v) is 7.49. The van der Waals surface area contributed by atoms with E-state index in [0.717, 1.165) is 0 Å². The van der Waals surface area contributed by atoms with Crippen molar-refractivity contribution in [2.75, 3.05) is 7.11 Å². The van der Waals surface area contributed by atoms with Crippen LogP contribution in [0, 0.1) is 24.1 Å². The minimum Gasteiger partial charge on any atom is -0.469 e. The van der Waals surface area contributed by atoms with Crippen molar-refractivity contribution in [3.63, 3.8) is 0 Å². The maximum atomic E-state index is 14.1. The van der Waals surface area contributed by atoms with E-state index in [-0.39, 0.29) is 11.9 Å². The molecule has 1 atom stereocenters. The van der Waals surface area contributed by atoms with Gasteiger partial charge < -0.3 is 4.74 Å². The Labute approximate surface area is 136 Å². The monoisotopic (exact) mass is 364 g/mol. The molecular formula is C16H14BrFN2O2. The van der Waals surface area contributed by atoms with Gasteiger partial charge in [-0.25, -0.2) is 9.37 Å². The summed E-state index contributed by atoms with van der Waals surface area (Å²) in [5, 5.41) is 9.36. The third-order valence-corrected chi connectivity index (χ3v) is 4.13. The topological polar surface area (TPSA) is 63.0 Å². The summed E-state index contributed by atoms with van der Waals surface area (Å²) in [6.45, 7) is 1.72. The number of fused-ring (bicyclic) bond motifs is 1. The van der Waals surface area contributed by atoms with Crippen LogP contribution in [-0.4, -0.2) is 18.1 Å². The number of pyridine rings is 1. The summed E-state index contributed by atoms with van der Waals surface area (Å²) in [6, 6.07) is 7.10. The molecule has 114 valence electrons. The SMILES string of the molecule is COC(=O)C(CCC#N)c1cc2ccc(Br)c(F)c2nc1C. The third kappa shape index (κ3) is 3.09. The molecule has 1 aromatic carbocycles. The zero-order valence-electron chi connectivity index (χ0n) is 12.2. The zero-order chi connectivity index (χ0) is 16.3. The predicted octanol–water partition coefficient (Wildman–Crippen LogP) is 4.01. The van der Waals surface area contributed by atoms with Gasteiger partial charge in [-0.2, -0.15) is 5.26 Å². The Balaban J connectivity index is 2.58. The second-order valence-electron chi connectivity index (χ2n) is 4.87. The molecule has 0 N–H and O–H groups in total. The summed E-state index contributed by atoms with van der Waals surface area (Å²) in [6.07, 6.45) is 0.572. The summed E-state index contributed by atoms with van der Waals surface area (Å²) in [7, 11) is 1.31. The van der Waals surface area contributed by atoms with Crippen molar-refractivity contribution in [1.82, 2.24) is 4.98 Å². The van der Waals surface area contributed by atoms with Gasteiger partial charge in [0.25, 0.3) is 0 Å². The number of hydrogen-bond acceptors (Lipinski definition) is 4. The fourth-order valence-electron chi connectivity index (χ4n) is 2.39. The van der Waals surface area contributed by atoms with Gasteiger partial charge >= 0.3 is 5.97 Å². The molecule has 6 heteroatoms. The molecule has 2 aromatic rings. The van der Waals surface area contributed by atoms with Gasteiger partial charge in [0.2, 0.25) is 0 Å². The highest BCUT2D eigenvalue weighted by Gasteiger charge is 2.24. The summed E-state index contributed by atoms with van der Waals surface area (Å²) >= 11 is 3.13. The number of aromatic nitrogens is 1. The van der Waals surface area contributed by atoms with Gasteiger partial charge in [0.15, 0.2) is 5.82 Å². The Morgan fingerprint density at radius 2 is 2.27 bits per heavy atom. The Hall–Kier alpha value is -2.00. The van der Waals surface area contributed by atoms with E-state index in [0.29, 0.717) is 27.5 Å². The third-order valence-electron chi connectivity index (χ3n) is 3.51. The molecule has 0 aliphatic heterocycles. The Bertz CT molecular complexity index is 771. The highest BCUT2D eigenvalue weighted by Crippen LogP contribution is 2.30. The van der Waals surface area contributed by atoms with Crippen molar-refractivity contribution in [2.24, 2.45) is 0 Å². The maximum Gasteiger partial charge on any atom is 0.313 e. The first-order valence-electron chi connectivity index (χ1n) is 6.69. The normalized spacial score (nSPS) is 12.0. The molecule has 0 spiro atoms. The molecule has 1 unspecified atom stereocenters. The van der Waals surface area contributed by atoms with Crippen molar-refractivity contribution >= 4 is 32.8 Å². The van der Waals surface area contributed by atoms with Crippen molar-refractivity contribution in [3.8, 4) is 6.07 Å². The number of nitrogens with zero attached hydrogens (tertiary/aromatic N) is 2. The number of hydrogen-bond donors (Lipinski definition) is 0. The van der Waals surface area contributed by atoms with E-state index in [4.69, 9.17) is 10.00 Å². The fourth-order valence-corrected chi connectivity index (χ4v) is 2.71. The number of halogens is 2. The van der Waals surface area contributed by atoms with Crippen LogP contribution in [0.5, 0.6) is 0 Å². The first-order chi connectivity index (χ1) is 10.5. The van der Waals surface area contributed by atoms with E-state index in [1.165, 1.54) is 7.11 Å². The van der Waals surface area contributed by atoms with Gasteiger partial charge in [-0.1, -0.05) is 6.07 Å². The molecule has 0 fully saturated rings. The van der Waals surface area contributed by atoms with E-state index in [2.05, 4.69) is 20.9 Å². The summed E-state index contributed by atoms with van der Waals surface area (Å²) in [5.74, 6) is -1.43. The van der Waals surface area contributed by atoms with Crippen LogP contribution in [0.15, 0.2) is 22.7 Å². The molecule has 0 aliphatic rings. The van der Waals surface area contributed by atoms with Crippen LogP contribution in [-0.2, 0) is 9.53 Å². The molecule has 0 bridgehead atoms. The highest BCUT2D eigenvalue weighted by molar-refractivity contribution is 9.10. The minimum absolute atomic E-state index is 0.228. The summed E-state index contributed by atoms with van der Waals surface area (Å²) in [5.41, 5.74) is 1.47. The van der Waals surface area contributed by atoms with Crippen LogP contribution in [0.3, 0.4) is 0 Å². The Kier molecular flexibility index (Phi) is 5.09. The lowest BCUT2D eigenvalue weighted by atomic mass is 9.92. The maximum absolute atomic E-state index is 14.1. The fraction of sp³-hybridized carbons (Fsp3) is 0.312. The molecule has 0 radical (unpaired) electrons. The van der Waals surface area contributed by atoms with Crippen LogP contribution in [0.25, 0.3) is 10.9 Å². The summed E-state index contributed by atoms with van der Waals surface area (Å²) < 4.78 is 19.3. The molecule has 22 heavy (non-hydrogen) atoms. The van der Waals surface area contributed by atoms with Crippen LogP contribution in [0.2, 0.25) is 0 Å². The lowest BCUT2D eigenvalue weighted by molar-refractivity contribution is -0.142. The average Bonchev–Trinajstić information content (AvgIpc) is 2.52. The average molecular weight is 365 g/mol. The Morgan fingerprint density at radius 1 is 1.55 bits per heavy atom. The second-order valence-corrected chi connectivity index (χ2v) is 5.72. The van der Waals surface area contributed by atoms with E-state index in [9.17, 15) is 9.18 Å². The van der Waals surface area contributed by atoms with Gasteiger partial charge in [-0.05, 0) is 47.0 Å². The lowest BCUT2D eigenvalue weighted by Gasteiger charge is -2.16. The number of rotatable bonds is 4. The molecular weight excluding hydrogens is 351 g/mol. The molecule has 0 amide bonds. The molecule has 1 heterocycles.